The van der Waals surface area contributed by atoms with Crippen molar-refractivity contribution in [1.29, 1.82) is 0 Å². The van der Waals surface area contributed by atoms with E-state index in [9.17, 15) is 4.79 Å². The van der Waals surface area contributed by atoms with E-state index < -0.39 is 0 Å². The van der Waals surface area contributed by atoms with Crippen molar-refractivity contribution in [1.82, 2.24) is 20.2 Å². The highest BCUT2D eigenvalue weighted by Crippen LogP contribution is 2.16. The third-order valence-corrected chi connectivity index (χ3v) is 3.60. The standard InChI is InChI=1S/C15H18N4O.2ClH/c1-11-2-3-14(19-5-4-16-10-19)13(6-11)15(20)18-9-12-7-17-8-12;;/h2-6,10,12,17H,7-9H2,1H3,(H,18,20);2*1H. The summed E-state index contributed by atoms with van der Waals surface area (Å²) in [5, 5.41) is 6.22. The van der Waals surface area contributed by atoms with Gasteiger partial charge >= 0.3 is 0 Å². The lowest BCUT2D eigenvalue weighted by molar-refractivity contribution is 0.0942. The summed E-state index contributed by atoms with van der Waals surface area (Å²) in [5.74, 6) is 0.532. The Kier molecular flexibility index (Phi) is 6.87. The summed E-state index contributed by atoms with van der Waals surface area (Å²) in [7, 11) is 0. The smallest absolute Gasteiger partial charge is 0.253 e. The van der Waals surface area contributed by atoms with Crippen LogP contribution in [0.1, 0.15) is 15.9 Å². The minimum Gasteiger partial charge on any atom is -0.352 e. The van der Waals surface area contributed by atoms with Gasteiger partial charge in [0.2, 0.25) is 0 Å². The van der Waals surface area contributed by atoms with Gasteiger partial charge in [0, 0.05) is 37.9 Å². The molecule has 2 heterocycles. The number of amides is 1. The van der Waals surface area contributed by atoms with Gasteiger partial charge in [0.25, 0.3) is 5.91 Å². The fourth-order valence-electron chi connectivity index (χ4n) is 2.28. The largest absolute Gasteiger partial charge is 0.352 e. The molecule has 1 aliphatic heterocycles. The lowest BCUT2D eigenvalue weighted by atomic mass is 10.0. The average Bonchev–Trinajstić information content (AvgIpc) is 2.90. The van der Waals surface area contributed by atoms with Crippen LogP contribution in [0.15, 0.2) is 36.9 Å². The Morgan fingerprint density at radius 1 is 1.41 bits per heavy atom. The summed E-state index contributed by atoms with van der Waals surface area (Å²) in [6.07, 6.45) is 5.26. The second-order valence-electron chi connectivity index (χ2n) is 5.22. The van der Waals surface area contributed by atoms with Crippen LogP contribution in [0.3, 0.4) is 0 Å². The summed E-state index contributed by atoms with van der Waals surface area (Å²) in [5.41, 5.74) is 2.62. The van der Waals surface area contributed by atoms with Gasteiger partial charge in [-0.15, -0.1) is 24.8 Å². The second kappa shape index (κ2) is 8.17. The molecular weight excluding hydrogens is 323 g/mol. The Bertz CT molecular complexity index is 612. The van der Waals surface area contributed by atoms with E-state index in [2.05, 4.69) is 15.6 Å². The first-order chi connectivity index (χ1) is 9.74. The topological polar surface area (TPSA) is 59.0 Å². The van der Waals surface area contributed by atoms with Gasteiger partial charge in [0.15, 0.2) is 0 Å². The molecule has 1 aromatic heterocycles. The van der Waals surface area contributed by atoms with Crippen LogP contribution in [0.5, 0.6) is 0 Å². The highest BCUT2D eigenvalue weighted by atomic mass is 35.5. The van der Waals surface area contributed by atoms with E-state index in [0.29, 0.717) is 11.5 Å². The van der Waals surface area contributed by atoms with Crippen molar-refractivity contribution >= 4 is 30.7 Å². The highest BCUT2D eigenvalue weighted by Gasteiger charge is 2.19. The van der Waals surface area contributed by atoms with Crippen LogP contribution in [-0.2, 0) is 0 Å². The maximum Gasteiger partial charge on any atom is 0.253 e. The van der Waals surface area contributed by atoms with Crippen molar-refractivity contribution in [3.05, 3.63) is 48.0 Å². The molecule has 1 saturated heterocycles. The normalized spacial score (nSPS) is 13.5. The first-order valence-electron chi connectivity index (χ1n) is 6.82. The van der Waals surface area contributed by atoms with Gasteiger partial charge in [-0.3, -0.25) is 4.79 Å². The molecule has 1 amide bonds. The number of carbonyl (C=O) groups is 1. The number of benzene rings is 1. The molecule has 0 atom stereocenters. The maximum atomic E-state index is 12.4. The Labute approximate surface area is 142 Å². The summed E-state index contributed by atoms with van der Waals surface area (Å²) in [6.45, 7) is 4.69. The van der Waals surface area contributed by atoms with E-state index in [1.54, 1.807) is 12.5 Å². The summed E-state index contributed by atoms with van der Waals surface area (Å²) < 4.78 is 1.86. The van der Waals surface area contributed by atoms with Crippen molar-refractivity contribution in [3.8, 4) is 5.69 Å². The Morgan fingerprint density at radius 2 is 2.18 bits per heavy atom. The minimum absolute atomic E-state index is 0. The number of nitrogens with zero attached hydrogens (tertiary/aromatic N) is 2. The molecule has 7 heteroatoms. The molecule has 1 fully saturated rings. The first-order valence-corrected chi connectivity index (χ1v) is 6.82. The Hall–Kier alpha value is -1.56. The molecule has 5 nitrogen and oxygen atoms in total. The van der Waals surface area contributed by atoms with Crippen molar-refractivity contribution in [3.63, 3.8) is 0 Å². The number of rotatable bonds is 4. The summed E-state index contributed by atoms with van der Waals surface area (Å²) in [6, 6.07) is 5.88. The molecule has 22 heavy (non-hydrogen) atoms. The van der Waals surface area contributed by atoms with Gasteiger partial charge in [0.05, 0.1) is 17.6 Å². The number of carbonyl (C=O) groups excluding carboxylic acids is 1. The minimum atomic E-state index is -0.0238. The maximum absolute atomic E-state index is 12.4. The van der Waals surface area contributed by atoms with Crippen LogP contribution in [0.4, 0.5) is 0 Å². The van der Waals surface area contributed by atoms with E-state index in [0.717, 1.165) is 30.9 Å². The SMILES string of the molecule is Cc1ccc(-n2ccnc2)c(C(=O)NCC2CNC2)c1.Cl.Cl. The quantitative estimate of drug-likeness (QED) is 0.893. The molecule has 0 saturated carbocycles. The van der Waals surface area contributed by atoms with Crippen molar-refractivity contribution in [2.24, 2.45) is 5.92 Å². The zero-order valence-corrected chi connectivity index (χ0v) is 13.9. The van der Waals surface area contributed by atoms with Gasteiger partial charge < -0.3 is 15.2 Å². The van der Waals surface area contributed by atoms with Crippen LogP contribution >= 0.6 is 24.8 Å². The molecular formula is C15H20Cl2N4O. The molecule has 0 spiro atoms. The molecule has 3 rings (SSSR count). The molecule has 120 valence electrons. The fraction of sp³-hybridized carbons (Fsp3) is 0.333. The molecule has 0 unspecified atom stereocenters. The fourth-order valence-corrected chi connectivity index (χ4v) is 2.28. The number of imidazole rings is 1. The lowest BCUT2D eigenvalue weighted by Gasteiger charge is -2.27. The van der Waals surface area contributed by atoms with E-state index in [1.807, 2.05) is 35.9 Å². The van der Waals surface area contributed by atoms with Gasteiger partial charge in [-0.25, -0.2) is 4.98 Å². The Balaban J connectivity index is 0.00000121. The average molecular weight is 343 g/mol. The van der Waals surface area contributed by atoms with E-state index in [1.165, 1.54) is 0 Å². The van der Waals surface area contributed by atoms with Crippen molar-refractivity contribution in [2.75, 3.05) is 19.6 Å². The van der Waals surface area contributed by atoms with Gasteiger partial charge in [-0.1, -0.05) is 11.6 Å². The molecule has 0 bridgehead atoms. The molecule has 2 N–H and O–H groups in total. The number of halogens is 2. The van der Waals surface area contributed by atoms with Crippen molar-refractivity contribution < 1.29 is 4.79 Å². The van der Waals surface area contributed by atoms with Crippen LogP contribution in [0.25, 0.3) is 5.69 Å². The number of hydrogen-bond acceptors (Lipinski definition) is 3. The number of hydrogen-bond donors (Lipinski definition) is 2. The van der Waals surface area contributed by atoms with Crippen LogP contribution < -0.4 is 10.6 Å². The number of aromatic nitrogens is 2. The molecule has 0 radical (unpaired) electrons. The van der Waals surface area contributed by atoms with Crippen LogP contribution in [0, 0.1) is 12.8 Å². The summed E-state index contributed by atoms with van der Waals surface area (Å²) >= 11 is 0. The molecule has 0 aliphatic carbocycles. The molecule has 1 aliphatic rings. The summed E-state index contributed by atoms with van der Waals surface area (Å²) in [4.78, 5) is 16.4. The van der Waals surface area contributed by atoms with E-state index in [-0.39, 0.29) is 30.7 Å². The first kappa shape index (κ1) is 18.5. The zero-order chi connectivity index (χ0) is 13.9. The van der Waals surface area contributed by atoms with Crippen molar-refractivity contribution in [2.45, 2.75) is 6.92 Å². The number of aryl methyl sites for hydroxylation is 1. The lowest BCUT2D eigenvalue weighted by Crippen LogP contribution is -2.48. The van der Waals surface area contributed by atoms with Gasteiger partial charge in [-0.05, 0) is 19.1 Å². The van der Waals surface area contributed by atoms with Crippen LogP contribution in [-0.4, -0.2) is 35.1 Å². The zero-order valence-electron chi connectivity index (χ0n) is 12.3. The molecule has 1 aromatic carbocycles. The predicted octanol–water partition coefficient (Wildman–Crippen LogP) is 1.97. The van der Waals surface area contributed by atoms with Gasteiger partial charge in [-0.2, -0.15) is 0 Å². The van der Waals surface area contributed by atoms with Crippen LogP contribution in [0.2, 0.25) is 0 Å². The third kappa shape index (κ3) is 4.00. The highest BCUT2D eigenvalue weighted by molar-refractivity contribution is 5.98. The predicted molar refractivity (Wildman–Crippen MR) is 91.5 cm³/mol. The monoisotopic (exact) mass is 342 g/mol. The third-order valence-electron chi connectivity index (χ3n) is 3.60. The van der Waals surface area contributed by atoms with Gasteiger partial charge in [0.1, 0.15) is 0 Å². The van der Waals surface area contributed by atoms with E-state index >= 15 is 0 Å². The Morgan fingerprint density at radius 3 is 2.77 bits per heavy atom. The number of nitrogens with one attached hydrogen (secondary N) is 2. The second-order valence-corrected chi connectivity index (χ2v) is 5.22. The molecule has 2 aromatic rings. The van der Waals surface area contributed by atoms with E-state index in [4.69, 9.17) is 0 Å².